The molecule has 0 bridgehead atoms. The summed E-state index contributed by atoms with van der Waals surface area (Å²) in [5, 5.41) is 11.0. The second-order valence-electron chi connectivity index (χ2n) is 5.85. The van der Waals surface area contributed by atoms with E-state index in [4.69, 9.17) is 0 Å². The molecule has 2 N–H and O–H groups in total. The first-order chi connectivity index (χ1) is 12.4. The smallest absolute Gasteiger partial charge is 0.263 e. The first kappa shape index (κ1) is 17.8. The quantitative estimate of drug-likeness (QED) is 0.693. The highest BCUT2D eigenvalue weighted by Gasteiger charge is 2.17. The normalized spacial score (nSPS) is 11.2. The molecule has 2 heterocycles. The van der Waals surface area contributed by atoms with Crippen molar-refractivity contribution >= 4 is 21.7 Å². The molecule has 0 amide bonds. The highest BCUT2D eigenvalue weighted by molar-refractivity contribution is 7.92. The number of rotatable bonds is 6. The van der Waals surface area contributed by atoms with E-state index in [1.807, 2.05) is 31.2 Å². The minimum atomic E-state index is -3.71. The van der Waals surface area contributed by atoms with Crippen LogP contribution in [-0.2, 0) is 16.6 Å². The fraction of sp³-hybridized carbons (Fsp3) is 0.167. The molecule has 7 nitrogen and oxygen atoms in total. The van der Waals surface area contributed by atoms with E-state index in [0.29, 0.717) is 17.9 Å². The first-order valence-electron chi connectivity index (χ1n) is 8.02. The van der Waals surface area contributed by atoms with Crippen LogP contribution in [0.4, 0.5) is 11.6 Å². The predicted octanol–water partition coefficient (Wildman–Crippen LogP) is 2.90. The highest BCUT2D eigenvalue weighted by atomic mass is 32.2. The van der Waals surface area contributed by atoms with Crippen molar-refractivity contribution in [3.05, 3.63) is 71.5 Å². The van der Waals surface area contributed by atoms with Crippen molar-refractivity contribution < 1.29 is 8.42 Å². The fourth-order valence-corrected chi connectivity index (χ4v) is 3.68. The molecule has 1 aromatic carbocycles. The second-order valence-corrected chi connectivity index (χ2v) is 7.50. The minimum Gasteiger partial charge on any atom is -0.363 e. The highest BCUT2D eigenvalue weighted by Crippen LogP contribution is 2.19. The molecule has 0 spiro atoms. The molecule has 3 aromatic rings. The molecule has 26 heavy (non-hydrogen) atoms. The molecule has 2 aromatic heterocycles. The first-order valence-corrected chi connectivity index (χ1v) is 9.50. The number of nitrogens with one attached hydrogen (secondary N) is 2. The summed E-state index contributed by atoms with van der Waals surface area (Å²) in [6.45, 7) is 4.18. The van der Waals surface area contributed by atoms with Gasteiger partial charge in [0.05, 0.1) is 17.1 Å². The van der Waals surface area contributed by atoms with Gasteiger partial charge in [-0.25, -0.2) is 8.42 Å². The molecule has 3 rings (SSSR count). The van der Waals surface area contributed by atoms with Gasteiger partial charge in [0.2, 0.25) is 0 Å². The van der Waals surface area contributed by atoms with E-state index in [1.165, 1.54) is 0 Å². The predicted molar refractivity (Wildman–Crippen MR) is 100 cm³/mol. The van der Waals surface area contributed by atoms with Gasteiger partial charge in [0.25, 0.3) is 10.0 Å². The van der Waals surface area contributed by atoms with Gasteiger partial charge >= 0.3 is 0 Å². The molecule has 0 radical (unpaired) electrons. The van der Waals surface area contributed by atoms with Crippen LogP contribution in [0.5, 0.6) is 0 Å². The van der Waals surface area contributed by atoms with Crippen molar-refractivity contribution in [2.75, 3.05) is 10.0 Å². The number of pyridine rings is 1. The van der Waals surface area contributed by atoms with Crippen LogP contribution in [-0.4, -0.2) is 23.6 Å². The Kier molecular flexibility index (Phi) is 5.13. The maximum Gasteiger partial charge on any atom is 0.263 e. The summed E-state index contributed by atoms with van der Waals surface area (Å²) in [5.74, 6) is 0.693. The second kappa shape index (κ2) is 7.49. The Morgan fingerprint density at radius 1 is 0.962 bits per heavy atom. The van der Waals surface area contributed by atoms with Gasteiger partial charge in [0.15, 0.2) is 5.82 Å². The van der Waals surface area contributed by atoms with E-state index in [0.717, 1.165) is 11.3 Å². The molecule has 0 aliphatic rings. The Morgan fingerprint density at radius 2 is 1.73 bits per heavy atom. The summed E-state index contributed by atoms with van der Waals surface area (Å²) >= 11 is 0. The fourth-order valence-electron chi connectivity index (χ4n) is 2.46. The summed E-state index contributed by atoms with van der Waals surface area (Å²) in [4.78, 5) is 4.43. The van der Waals surface area contributed by atoms with Crippen LogP contribution in [0, 0.1) is 13.8 Å². The van der Waals surface area contributed by atoms with Crippen molar-refractivity contribution in [1.29, 1.82) is 0 Å². The van der Waals surface area contributed by atoms with E-state index in [1.54, 1.807) is 37.4 Å². The van der Waals surface area contributed by atoms with Crippen LogP contribution in [0.25, 0.3) is 0 Å². The number of hydrogen-bond acceptors (Lipinski definition) is 6. The topological polar surface area (TPSA) is 96.9 Å². The third-order valence-corrected chi connectivity index (χ3v) is 5.22. The van der Waals surface area contributed by atoms with E-state index >= 15 is 0 Å². The minimum absolute atomic E-state index is 0.161. The molecule has 0 aliphatic heterocycles. The van der Waals surface area contributed by atoms with Crippen LogP contribution >= 0.6 is 0 Å². The molecule has 0 fully saturated rings. The number of anilines is 2. The molecule has 0 unspecified atom stereocenters. The van der Waals surface area contributed by atoms with Gasteiger partial charge in [-0.2, -0.15) is 0 Å². The van der Waals surface area contributed by atoms with Crippen LogP contribution in [0.2, 0.25) is 0 Å². The third kappa shape index (κ3) is 4.34. The van der Waals surface area contributed by atoms with Gasteiger partial charge in [-0.05, 0) is 49.7 Å². The number of benzene rings is 1. The van der Waals surface area contributed by atoms with E-state index in [9.17, 15) is 8.42 Å². The average Bonchev–Trinajstić information content (AvgIpc) is 2.61. The number of aromatic nitrogens is 3. The maximum absolute atomic E-state index is 12.5. The molecule has 8 heteroatoms. The van der Waals surface area contributed by atoms with Crippen LogP contribution < -0.4 is 10.0 Å². The van der Waals surface area contributed by atoms with Crippen molar-refractivity contribution in [3.8, 4) is 0 Å². The molecule has 0 atom stereocenters. The van der Waals surface area contributed by atoms with Crippen molar-refractivity contribution in [2.24, 2.45) is 0 Å². The van der Waals surface area contributed by atoms with Gasteiger partial charge in [-0.15, -0.1) is 10.2 Å². The zero-order valence-electron chi connectivity index (χ0n) is 14.5. The van der Waals surface area contributed by atoms with E-state index in [2.05, 4.69) is 25.2 Å². The van der Waals surface area contributed by atoms with Gasteiger partial charge < -0.3 is 5.32 Å². The Hall–Kier alpha value is -3.00. The largest absolute Gasteiger partial charge is 0.363 e. The summed E-state index contributed by atoms with van der Waals surface area (Å²) in [6, 6.07) is 14.0. The van der Waals surface area contributed by atoms with Gasteiger partial charge in [-0.1, -0.05) is 23.8 Å². The molecular weight excluding hydrogens is 350 g/mol. The molecule has 0 saturated carbocycles. The van der Waals surface area contributed by atoms with Gasteiger partial charge in [0.1, 0.15) is 5.82 Å². The summed E-state index contributed by atoms with van der Waals surface area (Å²) in [5.41, 5.74) is 2.55. The summed E-state index contributed by atoms with van der Waals surface area (Å²) < 4.78 is 27.5. The Labute approximate surface area is 152 Å². The lowest BCUT2D eigenvalue weighted by Crippen LogP contribution is -2.16. The molecular formula is C18H19N5O2S. The van der Waals surface area contributed by atoms with Crippen LogP contribution in [0.1, 0.15) is 16.8 Å². The van der Waals surface area contributed by atoms with E-state index < -0.39 is 10.0 Å². The standard InChI is InChI=1S/C18H19N5O2S/c1-13-6-7-16(14(2)11-13)26(24,25)23-18-9-8-17(21-22-18)20-12-15-5-3-4-10-19-15/h3-11H,12H2,1-2H3,(H,20,21)(H,22,23). The average molecular weight is 369 g/mol. The zero-order chi connectivity index (χ0) is 18.6. The van der Waals surface area contributed by atoms with Gasteiger partial charge in [0, 0.05) is 6.20 Å². The summed E-state index contributed by atoms with van der Waals surface area (Å²) in [6.07, 6.45) is 1.72. The number of nitrogens with zero attached hydrogens (tertiary/aromatic N) is 3. The number of aryl methyl sites for hydroxylation is 2. The zero-order valence-corrected chi connectivity index (χ0v) is 15.3. The Bertz CT molecular complexity index is 990. The van der Waals surface area contributed by atoms with Crippen molar-refractivity contribution in [1.82, 2.24) is 15.2 Å². The monoisotopic (exact) mass is 369 g/mol. The lowest BCUT2D eigenvalue weighted by molar-refractivity contribution is 0.600. The van der Waals surface area contributed by atoms with Gasteiger partial charge in [-0.3, -0.25) is 9.71 Å². The van der Waals surface area contributed by atoms with Crippen molar-refractivity contribution in [3.63, 3.8) is 0 Å². The Morgan fingerprint density at radius 3 is 2.38 bits per heavy atom. The van der Waals surface area contributed by atoms with Crippen molar-refractivity contribution in [2.45, 2.75) is 25.3 Å². The maximum atomic E-state index is 12.5. The van der Waals surface area contributed by atoms with E-state index in [-0.39, 0.29) is 10.7 Å². The molecule has 134 valence electrons. The number of sulfonamides is 1. The molecule has 0 saturated heterocycles. The Balaban J connectivity index is 1.68. The molecule has 0 aliphatic carbocycles. The number of hydrogen-bond donors (Lipinski definition) is 2. The lowest BCUT2D eigenvalue weighted by Gasteiger charge is -2.10. The lowest BCUT2D eigenvalue weighted by atomic mass is 10.2. The van der Waals surface area contributed by atoms with Crippen LogP contribution in [0.15, 0.2) is 59.6 Å². The van der Waals surface area contributed by atoms with Crippen LogP contribution in [0.3, 0.4) is 0 Å². The summed E-state index contributed by atoms with van der Waals surface area (Å²) in [7, 11) is -3.71. The third-order valence-electron chi connectivity index (χ3n) is 3.70. The SMILES string of the molecule is Cc1ccc(S(=O)(=O)Nc2ccc(NCc3ccccn3)nn2)c(C)c1.